The Kier molecular flexibility index (Phi) is 8.52. The molecule has 0 amide bonds. The van der Waals surface area contributed by atoms with Gasteiger partial charge in [0.2, 0.25) is 0 Å². The third kappa shape index (κ3) is 4.96. The van der Waals surface area contributed by atoms with Crippen LogP contribution in [0.2, 0.25) is 0 Å². The van der Waals surface area contributed by atoms with Crippen LogP contribution in [0.25, 0.3) is 0 Å². The van der Waals surface area contributed by atoms with Gasteiger partial charge in [-0.25, -0.2) is 0 Å². The van der Waals surface area contributed by atoms with Crippen LogP contribution in [0, 0.1) is 105 Å². The molecule has 62 heavy (non-hydrogen) atoms. The van der Waals surface area contributed by atoms with Gasteiger partial charge in [0.05, 0.1) is 48.2 Å². The minimum absolute atomic E-state index is 0.0577. The van der Waals surface area contributed by atoms with Gasteiger partial charge in [-0.1, -0.05) is 55.4 Å². The van der Waals surface area contributed by atoms with Crippen molar-refractivity contribution in [3.63, 3.8) is 0 Å². The molecule has 0 bridgehead atoms. The van der Waals surface area contributed by atoms with Gasteiger partial charge in [-0.05, 0) is 147 Å². The fourth-order valence-corrected chi connectivity index (χ4v) is 20.1. The molecular weight excluding hydrogens is 773 g/mol. The molecule has 4 saturated heterocycles. The molecule has 0 aromatic carbocycles. The molecule has 22 atom stereocenters. The van der Waals surface area contributed by atoms with Gasteiger partial charge >= 0.3 is 0 Å². The number of ether oxygens (including phenoxy) is 4. The van der Waals surface area contributed by atoms with Crippen molar-refractivity contribution in [2.75, 3.05) is 13.2 Å². The maximum Gasteiger partial charge on any atom is 0.171 e. The second kappa shape index (κ2) is 13.0. The number of rotatable bonds is 0. The van der Waals surface area contributed by atoms with Crippen molar-refractivity contribution < 1.29 is 28.5 Å². The molecule has 4 aliphatic heterocycles. The SMILES string of the molecule is C[C@@H]1CC[C@@]2(OC1)O[C@H]1C[C@H]3[C@@H]4CC[C@H]5Cc6nc7c(nc6C[C@]5(C)[C@H]4CC(=O)[C@]3(C)[C@H]1[C@@H]2C)C[C@@H]1CC[C@@H]2[C@H](CC(=O)[C@]3(C)[C@@H]4[C@H](C[C@@H]23)O[C@]2(CC[C@@H](C)CO2)[C@H]4C)[C@@]1(C)C7. The summed E-state index contributed by atoms with van der Waals surface area (Å²) < 4.78 is 27.2. The van der Waals surface area contributed by atoms with Crippen molar-refractivity contribution in [1.29, 1.82) is 0 Å². The molecule has 10 fully saturated rings. The highest BCUT2D eigenvalue weighted by molar-refractivity contribution is 5.88. The number of Topliss-reactive ketones (excluding diaryl/α,β-unsaturated/α-hetero) is 2. The number of hydrogen-bond donors (Lipinski definition) is 0. The molecule has 12 aliphatic rings. The number of carbonyl (C=O) groups is 2. The first-order valence-corrected chi connectivity index (χ1v) is 26.1. The van der Waals surface area contributed by atoms with Crippen molar-refractivity contribution >= 4 is 11.6 Å². The van der Waals surface area contributed by atoms with Crippen LogP contribution in [-0.4, -0.2) is 58.5 Å². The van der Waals surface area contributed by atoms with E-state index >= 15 is 0 Å². The largest absolute Gasteiger partial charge is 0.349 e. The molecule has 8 heteroatoms. The summed E-state index contributed by atoms with van der Waals surface area (Å²) in [6.45, 7) is 20.6. The molecule has 0 unspecified atom stereocenters. The van der Waals surface area contributed by atoms with Gasteiger partial charge in [0, 0.05) is 60.2 Å². The second-order valence-electron chi connectivity index (χ2n) is 25.9. The monoisotopic (exact) mass is 849 g/mol. The fourth-order valence-electron chi connectivity index (χ4n) is 20.1. The molecule has 13 rings (SSSR count). The average molecular weight is 849 g/mol. The van der Waals surface area contributed by atoms with E-state index < -0.39 is 11.6 Å². The molecular formula is C54H76N2O6. The molecule has 8 nitrogen and oxygen atoms in total. The van der Waals surface area contributed by atoms with Crippen LogP contribution in [0.3, 0.4) is 0 Å². The fraction of sp³-hybridized carbons (Fsp3) is 0.889. The lowest BCUT2D eigenvalue weighted by Crippen LogP contribution is -2.59. The Hall–Kier alpha value is -1.74. The maximum absolute atomic E-state index is 14.9. The molecule has 5 heterocycles. The Bertz CT molecular complexity index is 1940. The van der Waals surface area contributed by atoms with Crippen LogP contribution in [0.5, 0.6) is 0 Å². The predicted octanol–water partition coefficient (Wildman–Crippen LogP) is 9.56. The van der Waals surface area contributed by atoms with E-state index in [-0.39, 0.29) is 57.5 Å². The van der Waals surface area contributed by atoms with Crippen LogP contribution in [0.1, 0.15) is 155 Å². The van der Waals surface area contributed by atoms with E-state index in [1.54, 1.807) is 0 Å². The van der Waals surface area contributed by atoms with Gasteiger partial charge in [-0.2, -0.15) is 0 Å². The number of ketones is 2. The Morgan fingerprint density at radius 1 is 0.516 bits per heavy atom. The van der Waals surface area contributed by atoms with Gasteiger partial charge in [-0.3, -0.25) is 19.6 Å². The molecule has 8 aliphatic carbocycles. The summed E-state index contributed by atoms with van der Waals surface area (Å²) >= 11 is 0. The zero-order valence-electron chi connectivity index (χ0n) is 39.3. The highest BCUT2D eigenvalue weighted by atomic mass is 16.7. The zero-order valence-corrected chi connectivity index (χ0v) is 39.3. The number of carbonyl (C=O) groups excluding carboxylic acids is 2. The Morgan fingerprint density at radius 2 is 0.935 bits per heavy atom. The maximum atomic E-state index is 14.9. The summed E-state index contributed by atoms with van der Waals surface area (Å²) in [6.07, 6.45) is 16.7. The zero-order chi connectivity index (χ0) is 42.7. The lowest BCUT2D eigenvalue weighted by atomic mass is 9.44. The smallest absolute Gasteiger partial charge is 0.171 e. The normalized spacial score (nSPS) is 58.0. The van der Waals surface area contributed by atoms with Crippen molar-refractivity contribution in [1.82, 2.24) is 9.97 Å². The summed E-state index contributed by atoms with van der Waals surface area (Å²) in [7, 11) is 0. The van der Waals surface area contributed by atoms with E-state index in [1.165, 1.54) is 48.5 Å². The number of aromatic nitrogens is 2. The van der Waals surface area contributed by atoms with Crippen molar-refractivity contribution in [3.8, 4) is 0 Å². The first-order chi connectivity index (χ1) is 29.5. The predicted molar refractivity (Wildman–Crippen MR) is 233 cm³/mol. The summed E-state index contributed by atoms with van der Waals surface area (Å²) in [6, 6.07) is 0. The Labute approximate surface area is 371 Å². The molecule has 0 radical (unpaired) electrons. The Balaban J connectivity index is 0.746. The third-order valence-corrected chi connectivity index (χ3v) is 23.6. The van der Waals surface area contributed by atoms with E-state index in [0.717, 1.165) is 77.4 Å². The number of fused-ring (bicyclic) bond motifs is 16. The first kappa shape index (κ1) is 40.5. The standard InChI is InChI=1S/C54H76N2O6/c1-27-13-15-53(59-25-27)29(3)47-43(61-53)19-37-33-11-9-31-17-39-41(23-49(31,5)35(33)21-45(57)51(37,47)7)55-40-18-32-10-12-34-36(50(32,6)24-42(40)56-39)22-46(58)52(8)38(34)20-44-48(52)30(4)54(62-44)16-14-28(2)26-60-54/h27-38,43-44,47-48H,9-26H2,1-8H3/t27-,28-,29+,30+,31+,32+,33-,34-,35+,36+,37+,38+,43+,44+,47+,48+,49+,50+,51-,52-,53-,54-/m1/s1. The van der Waals surface area contributed by atoms with Gasteiger partial charge in [0.1, 0.15) is 11.6 Å². The Morgan fingerprint density at radius 3 is 1.32 bits per heavy atom. The summed E-state index contributed by atoms with van der Waals surface area (Å²) in [5.74, 6) is 5.94. The highest BCUT2D eigenvalue weighted by Gasteiger charge is 2.74. The van der Waals surface area contributed by atoms with E-state index in [2.05, 4.69) is 55.4 Å². The quantitative estimate of drug-likeness (QED) is 0.255. The van der Waals surface area contributed by atoms with Crippen LogP contribution in [0.4, 0.5) is 0 Å². The van der Waals surface area contributed by atoms with Crippen LogP contribution < -0.4 is 0 Å². The molecule has 0 N–H and O–H groups in total. The summed E-state index contributed by atoms with van der Waals surface area (Å²) in [4.78, 5) is 41.0. The summed E-state index contributed by atoms with van der Waals surface area (Å²) in [5, 5.41) is 0. The summed E-state index contributed by atoms with van der Waals surface area (Å²) in [5.41, 5.74) is 4.42. The first-order valence-electron chi connectivity index (χ1n) is 26.1. The number of nitrogens with zero attached hydrogens (tertiary/aromatic N) is 2. The van der Waals surface area contributed by atoms with E-state index in [1.807, 2.05) is 0 Å². The van der Waals surface area contributed by atoms with E-state index in [9.17, 15) is 9.59 Å². The van der Waals surface area contributed by atoms with E-state index in [4.69, 9.17) is 28.9 Å². The lowest BCUT2D eigenvalue weighted by molar-refractivity contribution is -0.272. The highest BCUT2D eigenvalue weighted by Crippen LogP contribution is 2.72. The topological polar surface area (TPSA) is 96.8 Å². The van der Waals surface area contributed by atoms with Gasteiger partial charge in [0.25, 0.3) is 0 Å². The second-order valence-corrected chi connectivity index (χ2v) is 25.9. The van der Waals surface area contributed by atoms with E-state index in [0.29, 0.717) is 83.6 Å². The molecule has 1 aromatic rings. The third-order valence-electron chi connectivity index (χ3n) is 23.6. The number of hydrogen-bond acceptors (Lipinski definition) is 8. The van der Waals surface area contributed by atoms with Crippen LogP contribution in [0.15, 0.2) is 0 Å². The molecule has 338 valence electrons. The minimum atomic E-state index is -0.496. The van der Waals surface area contributed by atoms with Gasteiger partial charge < -0.3 is 18.9 Å². The van der Waals surface area contributed by atoms with Crippen molar-refractivity contribution in [2.24, 2.45) is 105 Å². The molecule has 2 spiro atoms. The van der Waals surface area contributed by atoms with Gasteiger partial charge in [0.15, 0.2) is 11.6 Å². The lowest BCUT2D eigenvalue weighted by Gasteiger charge is -2.60. The van der Waals surface area contributed by atoms with Gasteiger partial charge in [-0.15, -0.1) is 0 Å². The average Bonchev–Trinajstić information content (AvgIpc) is 3.89. The van der Waals surface area contributed by atoms with Crippen molar-refractivity contribution in [3.05, 3.63) is 22.8 Å². The minimum Gasteiger partial charge on any atom is -0.349 e. The van der Waals surface area contributed by atoms with Crippen molar-refractivity contribution in [2.45, 2.75) is 182 Å². The molecule has 1 aromatic heterocycles. The van der Waals surface area contributed by atoms with Crippen LogP contribution >= 0.6 is 0 Å². The van der Waals surface area contributed by atoms with Crippen LogP contribution in [-0.2, 0) is 54.2 Å². The molecule has 6 saturated carbocycles.